The smallest absolute Gasteiger partial charge is 0.328 e. The number of benzene rings is 1. The second-order valence-corrected chi connectivity index (χ2v) is 9.01. The van der Waals surface area contributed by atoms with Crippen LogP contribution >= 0.6 is 0 Å². The summed E-state index contributed by atoms with van der Waals surface area (Å²) in [5, 5.41) is 7.65. The monoisotopic (exact) mass is 427 g/mol. The first-order valence-electron chi connectivity index (χ1n) is 11.8. The number of amides is 1. The summed E-state index contributed by atoms with van der Waals surface area (Å²) in [5.74, 6) is 0.154. The second-order valence-electron chi connectivity index (χ2n) is 9.01. The summed E-state index contributed by atoms with van der Waals surface area (Å²) in [5.41, 5.74) is 7.48. The van der Waals surface area contributed by atoms with Gasteiger partial charge >= 0.3 is 5.97 Å². The van der Waals surface area contributed by atoms with Gasteiger partial charge in [-0.3, -0.25) is 10.2 Å². The zero-order valence-corrected chi connectivity index (χ0v) is 18.9. The molecule has 3 unspecified atom stereocenters. The minimum atomic E-state index is -0.500. The average Bonchev–Trinajstić information content (AvgIpc) is 2.82. The maximum absolute atomic E-state index is 13.3. The van der Waals surface area contributed by atoms with Crippen LogP contribution in [0.1, 0.15) is 88.2 Å². The molecular weight excluding hydrogens is 390 g/mol. The highest BCUT2D eigenvalue weighted by Gasteiger charge is 2.43. The van der Waals surface area contributed by atoms with Crippen LogP contribution in [0.3, 0.4) is 0 Å². The van der Waals surface area contributed by atoms with Crippen molar-refractivity contribution in [2.45, 2.75) is 89.1 Å². The van der Waals surface area contributed by atoms with Gasteiger partial charge in [0.1, 0.15) is 11.9 Å². The van der Waals surface area contributed by atoms with Gasteiger partial charge in [0.25, 0.3) is 0 Å². The Balaban J connectivity index is 1.98. The fourth-order valence-electron chi connectivity index (χ4n) is 5.58. The molecule has 3 rings (SSSR count). The van der Waals surface area contributed by atoms with Gasteiger partial charge in [-0.1, -0.05) is 63.3 Å². The molecule has 6 nitrogen and oxygen atoms in total. The lowest BCUT2D eigenvalue weighted by Crippen LogP contribution is -2.56. The van der Waals surface area contributed by atoms with Crippen LogP contribution in [-0.4, -0.2) is 41.8 Å². The highest BCUT2D eigenvalue weighted by molar-refractivity contribution is 5.94. The van der Waals surface area contributed by atoms with E-state index in [1.807, 2.05) is 36.1 Å². The van der Waals surface area contributed by atoms with Gasteiger partial charge in [0.2, 0.25) is 5.91 Å². The predicted molar refractivity (Wildman–Crippen MR) is 122 cm³/mol. The maximum Gasteiger partial charge on any atom is 0.328 e. The van der Waals surface area contributed by atoms with Crippen molar-refractivity contribution in [3.8, 4) is 0 Å². The van der Waals surface area contributed by atoms with Gasteiger partial charge < -0.3 is 15.4 Å². The van der Waals surface area contributed by atoms with E-state index >= 15 is 0 Å². The first kappa shape index (κ1) is 23.3. The van der Waals surface area contributed by atoms with Crippen molar-refractivity contribution in [1.82, 2.24) is 4.90 Å². The largest absolute Gasteiger partial charge is 0.467 e. The lowest BCUT2D eigenvalue weighted by atomic mass is 9.76. The van der Waals surface area contributed by atoms with Gasteiger partial charge in [-0.05, 0) is 37.2 Å². The molecule has 0 radical (unpaired) electrons. The molecule has 0 spiro atoms. The molecule has 2 aliphatic rings. The van der Waals surface area contributed by atoms with E-state index < -0.39 is 6.04 Å². The van der Waals surface area contributed by atoms with Gasteiger partial charge in [-0.25, -0.2) is 4.79 Å². The number of rotatable bonds is 7. The average molecular weight is 428 g/mol. The van der Waals surface area contributed by atoms with Crippen molar-refractivity contribution < 1.29 is 14.3 Å². The standard InChI is InChI=1S/C25H37N3O3/c1-3-22(29)28(23(25(30)31-2)18-9-5-4-6-10-18)21-12-8-7-11-20(21)17-13-15-19(16-14-17)24(26)27/h13-16,18,20-21,23H,3-12H2,1-2H3,(H3,26,27). The Kier molecular flexibility index (Phi) is 8.10. The summed E-state index contributed by atoms with van der Waals surface area (Å²) >= 11 is 0. The number of nitrogens with zero attached hydrogens (tertiary/aromatic N) is 1. The van der Waals surface area contributed by atoms with Crippen LogP contribution in [-0.2, 0) is 14.3 Å². The number of nitrogens with two attached hydrogens (primary N) is 1. The number of hydrogen-bond acceptors (Lipinski definition) is 4. The first-order valence-corrected chi connectivity index (χ1v) is 11.8. The topological polar surface area (TPSA) is 96.5 Å². The summed E-state index contributed by atoms with van der Waals surface area (Å²) in [6.45, 7) is 1.88. The van der Waals surface area contributed by atoms with Gasteiger partial charge in [0.15, 0.2) is 0 Å². The normalized spacial score (nSPS) is 23.0. The Morgan fingerprint density at radius 1 is 1.06 bits per heavy atom. The number of nitrogens with one attached hydrogen (secondary N) is 1. The molecule has 0 aliphatic heterocycles. The molecule has 170 valence electrons. The van der Waals surface area contributed by atoms with Crippen LogP contribution in [0.25, 0.3) is 0 Å². The molecule has 0 bridgehead atoms. The Hall–Kier alpha value is -2.37. The van der Waals surface area contributed by atoms with E-state index in [2.05, 4.69) is 0 Å². The summed E-state index contributed by atoms with van der Waals surface area (Å²) in [6.07, 6.45) is 9.76. The molecular formula is C25H37N3O3. The van der Waals surface area contributed by atoms with Crippen LogP contribution in [0.5, 0.6) is 0 Å². The molecule has 1 amide bonds. The number of methoxy groups -OCH3 is 1. The number of ether oxygens (including phenoxy) is 1. The number of hydrogen-bond donors (Lipinski definition) is 2. The maximum atomic E-state index is 13.3. The molecule has 2 fully saturated rings. The predicted octanol–water partition coefficient (Wildman–Crippen LogP) is 4.36. The van der Waals surface area contributed by atoms with E-state index in [1.54, 1.807) is 0 Å². The molecule has 3 N–H and O–H groups in total. The van der Waals surface area contributed by atoms with Crippen LogP contribution in [0.2, 0.25) is 0 Å². The van der Waals surface area contributed by atoms with E-state index in [0.717, 1.165) is 56.9 Å². The van der Waals surface area contributed by atoms with E-state index in [4.69, 9.17) is 15.9 Å². The second kappa shape index (κ2) is 10.8. The summed E-state index contributed by atoms with van der Waals surface area (Å²) in [7, 11) is 1.44. The quantitative estimate of drug-likeness (QED) is 0.384. The molecule has 0 aromatic heterocycles. The number of carbonyl (C=O) groups is 2. The van der Waals surface area contributed by atoms with Crippen molar-refractivity contribution in [2.75, 3.05) is 7.11 Å². The van der Waals surface area contributed by atoms with E-state index in [0.29, 0.717) is 12.0 Å². The molecule has 0 heterocycles. The highest BCUT2D eigenvalue weighted by Crippen LogP contribution is 2.40. The number of nitrogen functional groups attached to an aromatic ring is 1. The Morgan fingerprint density at radius 3 is 2.26 bits per heavy atom. The fourth-order valence-corrected chi connectivity index (χ4v) is 5.58. The van der Waals surface area contributed by atoms with Crippen molar-refractivity contribution in [2.24, 2.45) is 11.7 Å². The molecule has 1 aromatic rings. The highest BCUT2D eigenvalue weighted by atomic mass is 16.5. The SMILES string of the molecule is CCC(=O)N(C1CCCCC1c1ccc(C(=N)N)cc1)C(C(=O)OC)C1CCCCC1. The molecule has 6 heteroatoms. The van der Waals surface area contributed by atoms with Gasteiger partial charge in [0, 0.05) is 23.9 Å². The van der Waals surface area contributed by atoms with Crippen molar-refractivity contribution >= 4 is 17.7 Å². The molecule has 31 heavy (non-hydrogen) atoms. The molecule has 0 saturated heterocycles. The first-order chi connectivity index (χ1) is 15.0. The molecule has 3 atom stereocenters. The Morgan fingerprint density at radius 2 is 1.68 bits per heavy atom. The summed E-state index contributed by atoms with van der Waals surface area (Å²) in [6, 6.07) is 7.31. The van der Waals surface area contributed by atoms with Gasteiger partial charge in [-0.2, -0.15) is 0 Å². The van der Waals surface area contributed by atoms with E-state index in [9.17, 15) is 9.59 Å². The van der Waals surface area contributed by atoms with Crippen LogP contribution < -0.4 is 5.73 Å². The minimum absolute atomic E-state index is 0.0181. The summed E-state index contributed by atoms with van der Waals surface area (Å²) < 4.78 is 5.24. The zero-order valence-electron chi connectivity index (χ0n) is 18.9. The van der Waals surface area contributed by atoms with Crippen molar-refractivity contribution in [1.29, 1.82) is 5.41 Å². The number of carbonyl (C=O) groups excluding carboxylic acids is 2. The lowest BCUT2D eigenvalue weighted by molar-refractivity contribution is -0.159. The Bertz CT molecular complexity index is 771. The van der Waals surface area contributed by atoms with Crippen molar-refractivity contribution in [3.63, 3.8) is 0 Å². The lowest BCUT2D eigenvalue weighted by Gasteiger charge is -2.46. The number of amidine groups is 1. The van der Waals surface area contributed by atoms with Crippen molar-refractivity contribution in [3.05, 3.63) is 35.4 Å². The van der Waals surface area contributed by atoms with Gasteiger partial charge in [-0.15, -0.1) is 0 Å². The third-order valence-corrected chi connectivity index (χ3v) is 7.17. The van der Waals surface area contributed by atoms with Gasteiger partial charge in [0.05, 0.1) is 7.11 Å². The number of esters is 1. The third kappa shape index (κ3) is 5.28. The molecule has 2 aliphatic carbocycles. The minimum Gasteiger partial charge on any atom is -0.467 e. The van der Waals surface area contributed by atoms with Crippen LogP contribution in [0, 0.1) is 11.3 Å². The summed E-state index contributed by atoms with van der Waals surface area (Å²) in [4.78, 5) is 28.3. The van der Waals surface area contributed by atoms with Crippen LogP contribution in [0.15, 0.2) is 24.3 Å². The molecule has 2 saturated carbocycles. The fraction of sp³-hybridized carbons (Fsp3) is 0.640. The van der Waals surface area contributed by atoms with Crippen LogP contribution in [0.4, 0.5) is 0 Å². The zero-order chi connectivity index (χ0) is 22.4. The Labute approximate surface area is 186 Å². The third-order valence-electron chi connectivity index (χ3n) is 7.17. The van der Waals surface area contributed by atoms with E-state index in [-0.39, 0.29) is 35.6 Å². The van der Waals surface area contributed by atoms with E-state index in [1.165, 1.54) is 13.5 Å². The molecule has 1 aromatic carbocycles.